The molecular weight excluding hydrogens is 320 g/mol. The maximum Gasteiger partial charge on any atom is 0.126 e. The first-order chi connectivity index (χ1) is 8.61. The minimum Gasteiger partial charge on any atom is -0.312 e. The van der Waals surface area contributed by atoms with Gasteiger partial charge in [-0.3, -0.25) is 0 Å². The predicted molar refractivity (Wildman–Crippen MR) is 73.9 cm³/mol. The van der Waals surface area contributed by atoms with Crippen molar-refractivity contribution in [2.75, 3.05) is 7.05 Å². The molecule has 0 aliphatic rings. The highest BCUT2D eigenvalue weighted by molar-refractivity contribution is 9.10. The number of hydrogen-bond donors (Lipinski definition) is 1. The van der Waals surface area contributed by atoms with Gasteiger partial charge in [0.05, 0.1) is 0 Å². The zero-order valence-electron chi connectivity index (χ0n) is 9.71. The molecule has 0 fully saturated rings. The van der Waals surface area contributed by atoms with Gasteiger partial charge in [-0.15, -0.1) is 11.3 Å². The van der Waals surface area contributed by atoms with Crippen molar-refractivity contribution in [2.24, 2.45) is 0 Å². The van der Waals surface area contributed by atoms with E-state index in [1.54, 1.807) is 11.3 Å². The third-order valence-corrected chi connectivity index (χ3v) is 4.73. The lowest BCUT2D eigenvalue weighted by Crippen LogP contribution is -2.18. The first-order valence-corrected chi connectivity index (χ1v) is 7.13. The zero-order valence-corrected chi connectivity index (χ0v) is 12.1. The van der Waals surface area contributed by atoms with Crippen LogP contribution in [0.25, 0.3) is 0 Å². The van der Waals surface area contributed by atoms with Crippen molar-refractivity contribution >= 4 is 27.3 Å². The Balaban J connectivity index is 2.26. The molecule has 1 aromatic heterocycles. The van der Waals surface area contributed by atoms with Gasteiger partial charge in [-0.1, -0.05) is 0 Å². The molecule has 0 saturated carbocycles. The van der Waals surface area contributed by atoms with E-state index in [4.69, 9.17) is 0 Å². The molecule has 2 rings (SSSR count). The molecule has 96 valence electrons. The Bertz CT molecular complexity index is 542. The van der Waals surface area contributed by atoms with Gasteiger partial charge < -0.3 is 5.32 Å². The molecule has 1 atom stereocenters. The fraction of sp³-hybridized carbons (Fsp3) is 0.231. The molecule has 0 aliphatic heterocycles. The van der Waals surface area contributed by atoms with Crippen LogP contribution >= 0.6 is 27.3 Å². The van der Waals surface area contributed by atoms with Crippen LogP contribution in [0.3, 0.4) is 0 Å². The summed E-state index contributed by atoms with van der Waals surface area (Å²) in [5.74, 6) is -0.782. The van der Waals surface area contributed by atoms with E-state index in [1.807, 2.05) is 18.5 Å². The van der Waals surface area contributed by atoms with Gasteiger partial charge >= 0.3 is 0 Å². The lowest BCUT2D eigenvalue weighted by Gasteiger charge is -2.16. The van der Waals surface area contributed by atoms with E-state index in [0.29, 0.717) is 12.0 Å². The van der Waals surface area contributed by atoms with Crippen molar-refractivity contribution in [1.29, 1.82) is 0 Å². The van der Waals surface area contributed by atoms with Crippen LogP contribution < -0.4 is 5.32 Å². The SMILES string of the molecule is CNC(Cc1cc(F)ccc1F)c1sccc1Br. The number of thiophene rings is 1. The van der Waals surface area contributed by atoms with Gasteiger partial charge in [-0.2, -0.15) is 0 Å². The molecular formula is C13H12BrF2NS. The van der Waals surface area contributed by atoms with Crippen molar-refractivity contribution in [2.45, 2.75) is 12.5 Å². The molecule has 5 heteroatoms. The Hall–Kier alpha value is -0.780. The average Bonchev–Trinajstić information content (AvgIpc) is 2.77. The van der Waals surface area contributed by atoms with Crippen LogP contribution in [0.1, 0.15) is 16.5 Å². The van der Waals surface area contributed by atoms with Crippen molar-refractivity contribution in [3.05, 3.63) is 56.2 Å². The second kappa shape index (κ2) is 5.91. The van der Waals surface area contributed by atoms with Crippen molar-refractivity contribution in [1.82, 2.24) is 5.32 Å². The number of likely N-dealkylation sites (N-methyl/N-ethyl adjacent to an activating group) is 1. The average molecular weight is 332 g/mol. The van der Waals surface area contributed by atoms with Gasteiger partial charge in [-0.25, -0.2) is 8.78 Å². The maximum atomic E-state index is 13.6. The minimum atomic E-state index is -0.411. The van der Waals surface area contributed by atoms with Crippen LogP contribution in [0, 0.1) is 11.6 Å². The van der Waals surface area contributed by atoms with E-state index < -0.39 is 5.82 Å². The van der Waals surface area contributed by atoms with Crippen molar-refractivity contribution < 1.29 is 8.78 Å². The molecule has 0 bridgehead atoms. The van der Waals surface area contributed by atoms with Crippen LogP contribution in [0.15, 0.2) is 34.1 Å². The molecule has 1 N–H and O–H groups in total. The number of hydrogen-bond acceptors (Lipinski definition) is 2. The number of rotatable bonds is 4. The Morgan fingerprint density at radius 2 is 2.11 bits per heavy atom. The molecule has 2 aromatic rings. The number of nitrogens with one attached hydrogen (secondary N) is 1. The van der Waals surface area contributed by atoms with E-state index in [-0.39, 0.29) is 11.9 Å². The Morgan fingerprint density at radius 3 is 2.72 bits per heavy atom. The Labute approximate surface area is 117 Å². The first kappa shape index (κ1) is 13.6. The van der Waals surface area contributed by atoms with Crippen LogP contribution in [0.2, 0.25) is 0 Å². The molecule has 0 aliphatic carbocycles. The van der Waals surface area contributed by atoms with Gasteiger partial charge in [-0.05, 0) is 64.6 Å². The molecule has 0 spiro atoms. The molecule has 1 unspecified atom stereocenters. The summed E-state index contributed by atoms with van der Waals surface area (Å²) in [6.07, 6.45) is 0.416. The summed E-state index contributed by atoms with van der Waals surface area (Å²) in [4.78, 5) is 1.08. The summed E-state index contributed by atoms with van der Waals surface area (Å²) in [6.45, 7) is 0. The van der Waals surface area contributed by atoms with Gasteiger partial charge in [0, 0.05) is 15.4 Å². The molecule has 0 amide bonds. The summed E-state index contributed by atoms with van der Waals surface area (Å²) < 4.78 is 27.7. The number of benzene rings is 1. The third-order valence-electron chi connectivity index (χ3n) is 2.74. The highest BCUT2D eigenvalue weighted by atomic mass is 79.9. The van der Waals surface area contributed by atoms with Crippen molar-refractivity contribution in [3.63, 3.8) is 0 Å². The highest BCUT2D eigenvalue weighted by Crippen LogP contribution is 2.31. The molecule has 0 saturated heterocycles. The zero-order chi connectivity index (χ0) is 13.1. The topological polar surface area (TPSA) is 12.0 Å². The fourth-order valence-corrected chi connectivity index (χ4v) is 3.56. The molecule has 0 radical (unpaired) electrons. The van der Waals surface area contributed by atoms with Crippen LogP contribution in [-0.2, 0) is 6.42 Å². The highest BCUT2D eigenvalue weighted by Gasteiger charge is 2.17. The lowest BCUT2D eigenvalue weighted by molar-refractivity contribution is 0.547. The summed E-state index contributed by atoms with van der Waals surface area (Å²) in [7, 11) is 1.81. The van der Waals surface area contributed by atoms with Gasteiger partial charge in [0.1, 0.15) is 11.6 Å². The maximum absolute atomic E-state index is 13.6. The summed E-state index contributed by atoms with van der Waals surface area (Å²) in [6, 6.07) is 5.47. The van der Waals surface area contributed by atoms with Crippen molar-refractivity contribution in [3.8, 4) is 0 Å². The minimum absolute atomic E-state index is 0.0318. The first-order valence-electron chi connectivity index (χ1n) is 5.46. The Kier molecular flexibility index (Phi) is 4.48. The summed E-state index contributed by atoms with van der Waals surface area (Å²) >= 11 is 5.04. The molecule has 1 aromatic carbocycles. The smallest absolute Gasteiger partial charge is 0.126 e. The van der Waals surface area contributed by atoms with Crippen LogP contribution in [0.5, 0.6) is 0 Å². The monoisotopic (exact) mass is 331 g/mol. The predicted octanol–water partition coefficient (Wildman–Crippen LogP) is 4.29. The molecule has 1 nitrogen and oxygen atoms in total. The van der Waals surface area contributed by atoms with Crippen LogP contribution in [-0.4, -0.2) is 7.05 Å². The molecule has 1 heterocycles. The van der Waals surface area contributed by atoms with Crippen LogP contribution in [0.4, 0.5) is 8.78 Å². The van der Waals surface area contributed by atoms with E-state index in [0.717, 1.165) is 15.4 Å². The fourth-order valence-electron chi connectivity index (χ4n) is 1.80. The Morgan fingerprint density at radius 1 is 1.33 bits per heavy atom. The summed E-state index contributed by atoms with van der Waals surface area (Å²) in [5.41, 5.74) is 0.384. The molecule has 18 heavy (non-hydrogen) atoms. The van der Waals surface area contributed by atoms with E-state index in [2.05, 4.69) is 21.2 Å². The van der Waals surface area contributed by atoms with Gasteiger partial charge in [0.15, 0.2) is 0 Å². The summed E-state index contributed by atoms with van der Waals surface area (Å²) in [5, 5.41) is 5.10. The van der Waals surface area contributed by atoms with Gasteiger partial charge in [0.2, 0.25) is 0 Å². The van der Waals surface area contributed by atoms with E-state index >= 15 is 0 Å². The standard InChI is InChI=1S/C13H12BrF2NS/c1-17-12(13-10(14)4-5-18-13)7-8-6-9(15)2-3-11(8)16/h2-6,12,17H,7H2,1H3. The quantitative estimate of drug-likeness (QED) is 0.881. The van der Waals surface area contributed by atoms with Gasteiger partial charge in [0.25, 0.3) is 0 Å². The largest absolute Gasteiger partial charge is 0.312 e. The lowest BCUT2D eigenvalue weighted by atomic mass is 10.0. The normalized spacial score (nSPS) is 12.7. The third kappa shape index (κ3) is 2.96. The van der Waals surface area contributed by atoms with E-state index in [1.165, 1.54) is 12.1 Å². The second-order valence-corrected chi connectivity index (χ2v) is 5.72. The second-order valence-electron chi connectivity index (χ2n) is 3.91. The number of halogens is 3. The van der Waals surface area contributed by atoms with E-state index in [9.17, 15) is 8.78 Å².